The highest BCUT2D eigenvalue weighted by molar-refractivity contribution is 6.16. The minimum absolute atomic E-state index is 0.221. The molecule has 0 aliphatic rings. The Kier molecular flexibility index (Phi) is 4.38. The maximum Gasteiger partial charge on any atom is 0.193 e. The van der Waals surface area contributed by atoms with Crippen LogP contribution in [0.25, 0.3) is 0 Å². The number of hydrogen-bond donors (Lipinski definition) is 0. The average molecular weight is 284 g/mol. The monoisotopic (exact) mass is 284 g/mol. The van der Waals surface area contributed by atoms with Crippen LogP contribution < -0.4 is 9.47 Å². The summed E-state index contributed by atoms with van der Waals surface area (Å²) in [5, 5.41) is 0. The molecule has 0 N–H and O–H groups in total. The summed E-state index contributed by atoms with van der Waals surface area (Å²) in [7, 11) is 2.93. The second kappa shape index (κ2) is 6.22. The summed E-state index contributed by atoms with van der Waals surface area (Å²) < 4.78 is 10.4. The number of carbonyl (C=O) groups is 2. The first-order chi connectivity index (χ1) is 10.1. The fourth-order valence-electron chi connectivity index (χ4n) is 2.21. The van der Waals surface area contributed by atoms with E-state index in [9.17, 15) is 9.59 Å². The van der Waals surface area contributed by atoms with E-state index in [4.69, 9.17) is 9.47 Å². The van der Waals surface area contributed by atoms with Crippen LogP contribution in [-0.2, 0) is 0 Å². The largest absolute Gasteiger partial charge is 0.493 e. The molecule has 0 amide bonds. The van der Waals surface area contributed by atoms with Crippen molar-refractivity contribution in [3.63, 3.8) is 0 Å². The highest BCUT2D eigenvalue weighted by atomic mass is 16.5. The van der Waals surface area contributed by atoms with E-state index in [1.807, 2.05) is 6.07 Å². The van der Waals surface area contributed by atoms with Gasteiger partial charge >= 0.3 is 0 Å². The molecule has 0 unspecified atom stereocenters. The first-order valence-electron chi connectivity index (χ1n) is 6.45. The van der Waals surface area contributed by atoms with Gasteiger partial charge in [-0.25, -0.2) is 0 Å². The third-order valence-corrected chi connectivity index (χ3v) is 3.18. The van der Waals surface area contributed by atoms with Gasteiger partial charge in [0.1, 0.15) is 0 Å². The lowest BCUT2D eigenvalue weighted by Crippen LogP contribution is -2.11. The highest BCUT2D eigenvalue weighted by Gasteiger charge is 2.23. The average Bonchev–Trinajstić information content (AvgIpc) is 2.53. The van der Waals surface area contributed by atoms with Gasteiger partial charge in [-0.2, -0.15) is 0 Å². The molecule has 0 fully saturated rings. The zero-order valence-electron chi connectivity index (χ0n) is 12.2. The van der Waals surface area contributed by atoms with Crippen molar-refractivity contribution < 1.29 is 19.1 Å². The Morgan fingerprint density at radius 3 is 2.10 bits per heavy atom. The third kappa shape index (κ3) is 2.79. The number of carbonyl (C=O) groups excluding carboxylic acids is 2. The van der Waals surface area contributed by atoms with E-state index in [0.717, 1.165) is 0 Å². The Labute approximate surface area is 123 Å². The van der Waals surface area contributed by atoms with E-state index >= 15 is 0 Å². The molecule has 0 heterocycles. The molecule has 0 bridgehead atoms. The third-order valence-electron chi connectivity index (χ3n) is 3.18. The molecule has 0 saturated carbocycles. The fourth-order valence-corrected chi connectivity index (χ4v) is 2.21. The standard InChI is InChI=1S/C17H16O4/c1-11(18)15-13(9-10-14(20-2)17(15)21-3)16(19)12-7-5-4-6-8-12/h4-10H,1-3H3. The normalized spacial score (nSPS) is 10.0. The molecule has 0 aliphatic carbocycles. The molecule has 2 rings (SSSR count). The van der Waals surface area contributed by atoms with Crippen molar-refractivity contribution >= 4 is 11.6 Å². The van der Waals surface area contributed by atoms with Gasteiger partial charge in [0, 0.05) is 11.1 Å². The van der Waals surface area contributed by atoms with Crippen LogP contribution in [0.1, 0.15) is 33.2 Å². The Hall–Kier alpha value is -2.62. The summed E-state index contributed by atoms with van der Waals surface area (Å²) in [6.45, 7) is 1.40. The van der Waals surface area contributed by atoms with E-state index in [-0.39, 0.29) is 22.9 Å². The van der Waals surface area contributed by atoms with Crippen molar-refractivity contribution in [3.05, 3.63) is 59.2 Å². The lowest BCUT2D eigenvalue weighted by Gasteiger charge is -2.14. The van der Waals surface area contributed by atoms with Gasteiger partial charge in [0.05, 0.1) is 19.8 Å². The van der Waals surface area contributed by atoms with E-state index in [1.54, 1.807) is 36.4 Å². The Bertz CT molecular complexity index is 675. The van der Waals surface area contributed by atoms with Crippen LogP contribution in [0, 0.1) is 0 Å². The van der Waals surface area contributed by atoms with Gasteiger partial charge in [-0.1, -0.05) is 30.3 Å². The van der Waals surface area contributed by atoms with Crippen LogP contribution in [0.3, 0.4) is 0 Å². The van der Waals surface area contributed by atoms with Gasteiger partial charge in [-0.15, -0.1) is 0 Å². The molecular weight excluding hydrogens is 268 g/mol. The molecule has 108 valence electrons. The van der Waals surface area contributed by atoms with Crippen molar-refractivity contribution in [3.8, 4) is 11.5 Å². The van der Waals surface area contributed by atoms with Gasteiger partial charge in [0.25, 0.3) is 0 Å². The van der Waals surface area contributed by atoms with Gasteiger partial charge in [-0.3, -0.25) is 9.59 Å². The molecule has 4 nitrogen and oxygen atoms in total. The quantitative estimate of drug-likeness (QED) is 0.791. The molecule has 0 atom stereocenters. The van der Waals surface area contributed by atoms with E-state index < -0.39 is 0 Å². The number of rotatable bonds is 5. The van der Waals surface area contributed by atoms with Crippen molar-refractivity contribution in [1.29, 1.82) is 0 Å². The topological polar surface area (TPSA) is 52.6 Å². The van der Waals surface area contributed by atoms with E-state index in [2.05, 4.69) is 0 Å². The lowest BCUT2D eigenvalue weighted by molar-refractivity contribution is 0.0986. The number of ether oxygens (including phenoxy) is 2. The predicted molar refractivity (Wildman–Crippen MR) is 79.4 cm³/mol. The zero-order chi connectivity index (χ0) is 15.4. The van der Waals surface area contributed by atoms with Crippen LogP contribution >= 0.6 is 0 Å². The second-order valence-corrected chi connectivity index (χ2v) is 4.47. The summed E-state index contributed by atoms with van der Waals surface area (Å²) in [6.07, 6.45) is 0. The number of benzene rings is 2. The molecule has 2 aromatic carbocycles. The Morgan fingerprint density at radius 2 is 1.57 bits per heavy atom. The predicted octanol–water partition coefficient (Wildman–Crippen LogP) is 3.14. The zero-order valence-corrected chi connectivity index (χ0v) is 12.2. The van der Waals surface area contributed by atoms with Crippen molar-refractivity contribution in [2.75, 3.05) is 14.2 Å². The number of hydrogen-bond acceptors (Lipinski definition) is 4. The molecule has 0 saturated heterocycles. The molecular formula is C17H16O4. The SMILES string of the molecule is COc1ccc(C(=O)c2ccccc2)c(C(C)=O)c1OC. The molecule has 0 radical (unpaired) electrons. The molecule has 0 aromatic heterocycles. The summed E-state index contributed by atoms with van der Waals surface area (Å²) in [5.41, 5.74) is 1.07. The van der Waals surface area contributed by atoms with Crippen LogP contribution in [0.15, 0.2) is 42.5 Å². The lowest BCUT2D eigenvalue weighted by atomic mass is 9.95. The highest BCUT2D eigenvalue weighted by Crippen LogP contribution is 2.34. The van der Waals surface area contributed by atoms with E-state index in [0.29, 0.717) is 16.9 Å². The molecule has 2 aromatic rings. The van der Waals surface area contributed by atoms with Gasteiger partial charge in [0.15, 0.2) is 23.1 Å². The molecule has 21 heavy (non-hydrogen) atoms. The minimum atomic E-state index is -0.245. The van der Waals surface area contributed by atoms with Crippen LogP contribution in [-0.4, -0.2) is 25.8 Å². The van der Waals surface area contributed by atoms with Crippen molar-refractivity contribution in [2.45, 2.75) is 6.92 Å². The fraction of sp³-hybridized carbons (Fsp3) is 0.176. The number of Topliss-reactive ketones (excluding diaryl/α,β-unsaturated/α-hetero) is 1. The Morgan fingerprint density at radius 1 is 0.905 bits per heavy atom. The summed E-state index contributed by atoms with van der Waals surface area (Å²) >= 11 is 0. The summed E-state index contributed by atoms with van der Waals surface area (Å²) in [4.78, 5) is 24.6. The smallest absolute Gasteiger partial charge is 0.193 e. The Balaban J connectivity index is 2.64. The molecule has 0 spiro atoms. The number of methoxy groups -OCH3 is 2. The maximum atomic E-state index is 12.6. The van der Waals surface area contributed by atoms with Crippen molar-refractivity contribution in [2.24, 2.45) is 0 Å². The number of ketones is 2. The first kappa shape index (κ1) is 14.8. The maximum absolute atomic E-state index is 12.6. The summed E-state index contributed by atoms with van der Waals surface area (Å²) in [6, 6.07) is 12.0. The van der Waals surface area contributed by atoms with Gasteiger partial charge < -0.3 is 9.47 Å². The molecule has 0 aliphatic heterocycles. The first-order valence-corrected chi connectivity index (χ1v) is 6.45. The second-order valence-electron chi connectivity index (χ2n) is 4.47. The van der Waals surface area contributed by atoms with Gasteiger partial charge in [-0.05, 0) is 19.1 Å². The van der Waals surface area contributed by atoms with E-state index in [1.165, 1.54) is 21.1 Å². The van der Waals surface area contributed by atoms with Crippen LogP contribution in [0.4, 0.5) is 0 Å². The summed E-state index contributed by atoms with van der Waals surface area (Å²) in [5.74, 6) is 0.242. The van der Waals surface area contributed by atoms with Gasteiger partial charge in [0.2, 0.25) is 0 Å². The van der Waals surface area contributed by atoms with Crippen molar-refractivity contribution in [1.82, 2.24) is 0 Å². The molecule has 4 heteroatoms. The van der Waals surface area contributed by atoms with Crippen LogP contribution in [0.5, 0.6) is 11.5 Å². The van der Waals surface area contributed by atoms with Crippen LogP contribution in [0.2, 0.25) is 0 Å². The minimum Gasteiger partial charge on any atom is -0.493 e.